The van der Waals surface area contributed by atoms with E-state index >= 15 is 0 Å². The molecule has 1 aromatic rings. The Morgan fingerprint density at radius 1 is 1.60 bits per heavy atom. The molecule has 1 heterocycles. The molecular weight excluding hydrogens is 212 g/mol. The van der Waals surface area contributed by atoms with Crippen molar-refractivity contribution in [3.63, 3.8) is 0 Å². The van der Waals surface area contributed by atoms with Gasteiger partial charge < -0.3 is 5.11 Å². The van der Waals surface area contributed by atoms with Crippen molar-refractivity contribution in [2.24, 2.45) is 7.05 Å². The molecule has 5 heteroatoms. The van der Waals surface area contributed by atoms with Gasteiger partial charge in [-0.2, -0.15) is 5.10 Å². The van der Waals surface area contributed by atoms with Crippen molar-refractivity contribution in [3.05, 3.63) is 12.4 Å². The maximum absolute atomic E-state index is 11.2. The van der Waals surface area contributed by atoms with Crippen LogP contribution in [0.5, 0.6) is 0 Å². The number of carbonyl (C=O) groups is 1. The van der Waals surface area contributed by atoms with Crippen molar-refractivity contribution < 1.29 is 9.90 Å². The zero-order valence-electron chi connectivity index (χ0n) is 9.23. The van der Waals surface area contributed by atoms with Crippen molar-refractivity contribution >= 4 is 17.7 Å². The van der Waals surface area contributed by atoms with Gasteiger partial charge in [-0.15, -0.1) is 11.8 Å². The van der Waals surface area contributed by atoms with Crippen LogP contribution < -0.4 is 0 Å². The second-order valence-corrected chi connectivity index (χ2v) is 4.92. The van der Waals surface area contributed by atoms with Gasteiger partial charge in [0.2, 0.25) is 0 Å². The Morgan fingerprint density at radius 2 is 2.20 bits per heavy atom. The lowest BCUT2D eigenvalue weighted by molar-refractivity contribution is -0.140. The van der Waals surface area contributed by atoms with Gasteiger partial charge in [0.1, 0.15) is 4.75 Å². The molecular formula is C10H16N2O2S. The Hall–Kier alpha value is -0.970. The topological polar surface area (TPSA) is 55.1 Å². The smallest absolute Gasteiger partial charge is 0.320 e. The van der Waals surface area contributed by atoms with E-state index in [1.54, 1.807) is 10.9 Å². The van der Waals surface area contributed by atoms with Gasteiger partial charge in [0, 0.05) is 18.1 Å². The van der Waals surface area contributed by atoms with Gasteiger partial charge in [0.15, 0.2) is 0 Å². The first kappa shape index (κ1) is 12.1. The first-order chi connectivity index (χ1) is 7.04. The number of hydrogen-bond donors (Lipinski definition) is 1. The lowest BCUT2D eigenvalue weighted by Gasteiger charge is -2.24. The van der Waals surface area contributed by atoms with Crippen molar-refractivity contribution in [1.29, 1.82) is 0 Å². The molecule has 1 rings (SSSR count). The number of rotatable bonds is 5. The number of aliphatic carboxylic acids is 1. The normalized spacial score (nSPS) is 11.7. The Balaban J connectivity index is 2.88. The summed E-state index contributed by atoms with van der Waals surface area (Å²) in [4.78, 5) is 12.2. The minimum atomic E-state index is -0.749. The van der Waals surface area contributed by atoms with Crippen molar-refractivity contribution in [2.75, 3.05) is 0 Å². The molecule has 0 aromatic carbocycles. The number of carboxylic acid groups (broad SMARTS) is 1. The van der Waals surface area contributed by atoms with E-state index in [0.717, 1.165) is 4.90 Å². The highest BCUT2D eigenvalue weighted by Gasteiger charge is 2.36. The third kappa shape index (κ3) is 2.53. The third-order valence-corrected chi connectivity index (χ3v) is 4.12. The molecule has 1 aromatic heterocycles. The molecule has 0 spiro atoms. The summed E-state index contributed by atoms with van der Waals surface area (Å²) in [6.45, 7) is 3.81. The fraction of sp³-hybridized carbons (Fsp3) is 0.600. The molecule has 0 saturated heterocycles. The molecule has 0 aliphatic rings. The molecule has 0 saturated carbocycles. The summed E-state index contributed by atoms with van der Waals surface area (Å²) < 4.78 is 0.962. The van der Waals surface area contributed by atoms with E-state index in [2.05, 4.69) is 5.10 Å². The monoisotopic (exact) mass is 228 g/mol. The average molecular weight is 228 g/mol. The molecule has 15 heavy (non-hydrogen) atoms. The number of thioether (sulfide) groups is 1. The minimum absolute atomic E-state index is 0.610. The highest BCUT2D eigenvalue weighted by molar-refractivity contribution is 8.01. The molecule has 0 aliphatic heterocycles. The second-order valence-electron chi connectivity index (χ2n) is 3.46. The molecule has 0 radical (unpaired) electrons. The molecule has 0 fully saturated rings. The van der Waals surface area contributed by atoms with E-state index in [9.17, 15) is 9.90 Å². The van der Waals surface area contributed by atoms with Crippen molar-refractivity contribution in [1.82, 2.24) is 9.78 Å². The lowest BCUT2D eigenvalue weighted by Crippen LogP contribution is -2.33. The zero-order chi connectivity index (χ0) is 11.5. The summed E-state index contributed by atoms with van der Waals surface area (Å²) >= 11 is 1.38. The third-order valence-electron chi connectivity index (χ3n) is 2.53. The first-order valence-electron chi connectivity index (χ1n) is 4.95. The number of carboxylic acids is 1. The number of aromatic nitrogens is 2. The molecule has 4 nitrogen and oxygen atoms in total. The van der Waals surface area contributed by atoms with Crippen LogP contribution in [0.3, 0.4) is 0 Å². The summed E-state index contributed by atoms with van der Waals surface area (Å²) in [6, 6.07) is 0. The molecule has 1 N–H and O–H groups in total. The van der Waals surface area contributed by atoms with Gasteiger partial charge in [0.25, 0.3) is 0 Å². The Kier molecular flexibility index (Phi) is 3.79. The largest absolute Gasteiger partial charge is 0.480 e. The van der Waals surface area contributed by atoms with Gasteiger partial charge in [-0.25, -0.2) is 0 Å². The van der Waals surface area contributed by atoms with Crippen molar-refractivity contribution in [2.45, 2.75) is 36.3 Å². The van der Waals surface area contributed by atoms with E-state index in [1.165, 1.54) is 11.8 Å². The molecule has 0 unspecified atom stereocenters. The Labute approximate surface area is 93.7 Å². The predicted molar refractivity (Wildman–Crippen MR) is 60.0 cm³/mol. The van der Waals surface area contributed by atoms with Crippen molar-refractivity contribution in [3.8, 4) is 0 Å². The van der Waals surface area contributed by atoms with Crippen LogP contribution in [0.2, 0.25) is 0 Å². The van der Waals surface area contributed by atoms with Gasteiger partial charge in [-0.3, -0.25) is 9.48 Å². The quantitative estimate of drug-likeness (QED) is 0.785. The van der Waals surface area contributed by atoms with E-state index < -0.39 is 10.7 Å². The van der Waals surface area contributed by atoms with E-state index in [0.29, 0.717) is 12.8 Å². The van der Waals surface area contributed by atoms with E-state index in [4.69, 9.17) is 0 Å². The van der Waals surface area contributed by atoms with Crippen LogP contribution in [0.15, 0.2) is 17.3 Å². The molecule has 0 atom stereocenters. The van der Waals surface area contributed by atoms with Crippen LogP contribution in [-0.4, -0.2) is 25.6 Å². The molecule has 0 bridgehead atoms. The number of nitrogens with zero attached hydrogens (tertiary/aromatic N) is 2. The van der Waals surface area contributed by atoms with Crippen LogP contribution in [0, 0.1) is 0 Å². The van der Waals surface area contributed by atoms with Gasteiger partial charge in [-0.1, -0.05) is 13.8 Å². The van der Waals surface area contributed by atoms with Gasteiger partial charge in [-0.05, 0) is 12.8 Å². The van der Waals surface area contributed by atoms with Crippen LogP contribution in [0.25, 0.3) is 0 Å². The number of aryl methyl sites for hydroxylation is 1. The van der Waals surface area contributed by atoms with E-state index in [1.807, 2.05) is 27.1 Å². The van der Waals surface area contributed by atoms with Gasteiger partial charge >= 0.3 is 5.97 Å². The molecule has 84 valence electrons. The summed E-state index contributed by atoms with van der Waals surface area (Å²) in [7, 11) is 1.82. The minimum Gasteiger partial charge on any atom is -0.480 e. The standard InChI is InChI=1S/C10H16N2O2S/c1-4-10(5-2,9(13)14)15-8-6-11-12(3)7-8/h6-7H,4-5H2,1-3H3,(H,13,14). The highest BCUT2D eigenvalue weighted by atomic mass is 32.2. The Morgan fingerprint density at radius 3 is 2.53 bits per heavy atom. The zero-order valence-corrected chi connectivity index (χ0v) is 10.0. The SMILES string of the molecule is CCC(CC)(Sc1cnn(C)c1)C(=O)O. The fourth-order valence-corrected chi connectivity index (χ4v) is 2.55. The summed E-state index contributed by atoms with van der Waals surface area (Å²) in [5.41, 5.74) is 0. The summed E-state index contributed by atoms with van der Waals surface area (Å²) in [5.74, 6) is -0.749. The fourth-order valence-electron chi connectivity index (χ4n) is 1.42. The Bertz CT molecular complexity index is 345. The lowest BCUT2D eigenvalue weighted by atomic mass is 10.0. The highest BCUT2D eigenvalue weighted by Crippen LogP contribution is 2.38. The summed E-state index contributed by atoms with van der Waals surface area (Å²) in [6.07, 6.45) is 4.76. The van der Waals surface area contributed by atoms with Crippen LogP contribution in [0.4, 0.5) is 0 Å². The summed E-state index contributed by atoms with van der Waals surface area (Å²) in [5, 5.41) is 13.3. The maximum Gasteiger partial charge on any atom is 0.320 e. The predicted octanol–water partition coefficient (Wildman–Crippen LogP) is 2.16. The second kappa shape index (κ2) is 4.70. The average Bonchev–Trinajstić information content (AvgIpc) is 2.60. The van der Waals surface area contributed by atoms with Crippen LogP contribution >= 0.6 is 11.8 Å². The first-order valence-corrected chi connectivity index (χ1v) is 5.76. The van der Waals surface area contributed by atoms with Crippen LogP contribution in [-0.2, 0) is 11.8 Å². The molecule has 0 amide bonds. The van der Waals surface area contributed by atoms with Gasteiger partial charge in [0.05, 0.1) is 6.20 Å². The van der Waals surface area contributed by atoms with Crippen LogP contribution in [0.1, 0.15) is 26.7 Å². The number of hydrogen-bond acceptors (Lipinski definition) is 3. The maximum atomic E-state index is 11.2. The molecule has 0 aliphatic carbocycles. The van der Waals surface area contributed by atoms with E-state index in [-0.39, 0.29) is 0 Å².